The maximum atomic E-state index is 12.4. The van der Waals surface area contributed by atoms with Crippen LogP contribution in [0.3, 0.4) is 0 Å². The molecule has 142 valence electrons. The molecule has 0 aliphatic carbocycles. The Bertz CT molecular complexity index is 1170. The molecule has 4 rings (SSSR count). The fourth-order valence-corrected chi connectivity index (χ4v) is 3.19. The number of rotatable bonds is 6. The molecule has 0 unspecified atom stereocenters. The van der Waals surface area contributed by atoms with Gasteiger partial charge in [0.2, 0.25) is 5.91 Å². The maximum absolute atomic E-state index is 12.4. The average Bonchev–Trinajstić information content (AvgIpc) is 3.26. The molecule has 28 heavy (non-hydrogen) atoms. The summed E-state index contributed by atoms with van der Waals surface area (Å²) in [5.41, 5.74) is 2.47. The van der Waals surface area contributed by atoms with Crippen LogP contribution in [0.2, 0.25) is 0 Å². The molecule has 0 aliphatic rings. The number of nitrogens with zero attached hydrogens (tertiary/aromatic N) is 5. The minimum Gasteiger partial charge on any atom is -0.308 e. The Kier molecular flexibility index (Phi) is 4.76. The Morgan fingerprint density at radius 1 is 1.07 bits per heavy atom. The molecule has 0 saturated heterocycles. The molecule has 1 N–H and O–H groups in total. The van der Waals surface area contributed by atoms with E-state index in [4.69, 9.17) is 0 Å². The van der Waals surface area contributed by atoms with Gasteiger partial charge in [-0.25, -0.2) is 4.79 Å². The quantitative estimate of drug-likeness (QED) is 0.556. The summed E-state index contributed by atoms with van der Waals surface area (Å²) in [4.78, 5) is 28.9. The van der Waals surface area contributed by atoms with Gasteiger partial charge < -0.3 is 5.32 Å². The van der Waals surface area contributed by atoms with Crippen molar-refractivity contribution < 1.29 is 4.79 Å². The number of para-hydroxylation sites is 2. The standard InChI is InChI=1S/C20H20N6O2/c1-24-16-4-2-3-5-17(16)26(20(24)28)14-19(27)22-18-9-13-25(23-18)12-8-15-6-10-21-11-7-15/h2-7,9-11,13H,8,12,14H2,1H3,(H,22,23,27). The monoisotopic (exact) mass is 376 g/mol. The Morgan fingerprint density at radius 2 is 1.82 bits per heavy atom. The molecule has 8 nitrogen and oxygen atoms in total. The van der Waals surface area contributed by atoms with Crippen LogP contribution in [0, 0.1) is 0 Å². The van der Waals surface area contributed by atoms with E-state index in [1.165, 1.54) is 14.7 Å². The van der Waals surface area contributed by atoms with Crippen LogP contribution in [0.1, 0.15) is 5.56 Å². The van der Waals surface area contributed by atoms with Crippen LogP contribution in [-0.4, -0.2) is 29.8 Å². The van der Waals surface area contributed by atoms with Crippen LogP contribution < -0.4 is 11.0 Å². The Hall–Kier alpha value is -3.68. The van der Waals surface area contributed by atoms with Crippen molar-refractivity contribution in [2.75, 3.05) is 5.32 Å². The number of aromatic nitrogens is 5. The van der Waals surface area contributed by atoms with Gasteiger partial charge in [0.15, 0.2) is 5.82 Å². The highest BCUT2D eigenvalue weighted by Gasteiger charge is 2.14. The van der Waals surface area contributed by atoms with Gasteiger partial charge in [-0.05, 0) is 36.2 Å². The third-order valence-electron chi connectivity index (χ3n) is 4.64. The minimum atomic E-state index is -0.294. The predicted octanol–water partition coefficient (Wildman–Crippen LogP) is 1.81. The summed E-state index contributed by atoms with van der Waals surface area (Å²) < 4.78 is 4.78. The third kappa shape index (κ3) is 3.57. The molecule has 4 aromatic rings. The van der Waals surface area contributed by atoms with Crippen molar-refractivity contribution in [3.8, 4) is 0 Å². The van der Waals surface area contributed by atoms with Gasteiger partial charge in [-0.1, -0.05) is 12.1 Å². The van der Waals surface area contributed by atoms with E-state index in [2.05, 4.69) is 15.4 Å². The van der Waals surface area contributed by atoms with E-state index in [1.807, 2.05) is 42.6 Å². The first-order valence-electron chi connectivity index (χ1n) is 8.98. The van der Waals surface area contributed by atoms with Gasteiger partial charge in [0.1, 0.15) is 6.54 Å². The van der Waals surface area contributed by atoms with E-state index < -0.39 is 0 Å². The molecular formula is C20H20N6O2. The first kappa shape index (κ1) is 17.7. The van der Waals surface area contributed by atoms with Gasteiger partial charge in [0.25, 0.3) is 0 Å². The highest BCUT2D eigenvalue weighted by atomic mass is 16.2. The van der Waals surface area contributed by atoms with Gasteiger partial charge in [0.05, 0.1) is 11.0 Å². The Balaban J connectivity index is 1.42. The van der Waals surface area contributed by atoms with Gasteiger partial charge in [-0.15, -0.1) is 0 Å². The number of aryl methyl sites for hydroxylation is 3. The average molecular weight is 376 g/mol. The third-order valence-corrected chi connectivity index (χ3v) is 4.64. The smallest absolute Gasteiger partial charge is 0.308 e. The first-order chi connectivity index (χ1) is 13.6. The summed E-state index contributed by atoms with van der Waals surface area (Å²) in [5, 5.41) is 7.13. The zero-order valence-electron chi connectivity index (χ0n) is 15.4. The van der Waals surface area contributed by atoms with Crippen LogP contribution in [0.5, 0.6) is 0 Å². The number of carbonyl (C=O) groups excluding carboxylic acids is 1. The van der Waals surface area contributed by atoms with E-state index in [-0.39, 0.29) is 18.1 Å². The van der Waals surface area contributed by atoms with Crippen molar-refractivity contribution >= 4 is 22.8 Å². The minimum absolute atomic E-state index is 0.0654. The van der Waals surface area contributed by atoms with E-state index in [0.29, 0.717) is 12.4 Å². The molecule has 0 spiro atoms. The number of imidazole rings is 1. The molecule has 0 fully saturated rings. The Labute approximate surface area is 161 Å². The summed E-state index contributed by atoms with van der Waals surface area (Å²) in [6.45, 7) is 0.632. The van der Waals surface area contributed by atoms with Crippen LogP contribution in [0.4, 0.5) is 5.82 Å². The van der Waals surface area contributed by atoms with Gasteiger partial charge in [-0.3, -0.25) is 23.6 Å². The number of pyridine rings is 1. The van der Waals surface area contributed by atoms with Crippen molar-refractivity contribution in [2.24, 2.45) is 7.05 Å². The second-order valence-electron chi connectivity index (χ2n) is 6.53. The highest BCUT2D eigenvalue weighted by molar-refractivity contribution is 5.90. The lowest BCUT2D eigenvalue weighted by atomic mass is 10.2. The van der Waals surface area contributed by atoms with Crippen molar-refractivity contribution in [3.63, 3.8) is 0 Å². The molecule has 3 aromatic heterocycles. The summed E-state index contributed by atoms with van der Waals surface area (Å²) >= 11 is 0. The molecule has 1 amide bonds. The maximum Gasteiger partial charge on any atom is 0.329 e. The molecule has 0 bridgehead atoms. The zero-order valence-corrected chi connectivity index (χ0v) is 15.4. The lowest BCUT2D eigenvalue weighted by Crippen LogP contribution is -2.28. The Morgan fingerprint density at radius 3 is 2.61 bits per heavy atom. The lowest BCUT2D eigenvalue weighted by molar-refractivity contribution is -0.116. The molecule has 0 atom stereocenters. The number of hydrogen-bond acceptors (Lipinski definition) is 4. The molecule has 3 heterocycles. The number of nitrogens with one attached hydrogen (secondary N) is 1. The fraction of sp³-hybridized carbons (Fsp3) is 0.200. The molecule has 0 aliphatic heterocycles. The summed E-state index contributed by atoms with van der Waals surface area (Å²) in [7, 11) is 1.70. The van der Waals surface area contributed by atoms with Crippen molar-refractivity contribution in [3.05, 3.63) is 77.1 Å². The van der Waals surface area contributed by atoms with E-state index in [1.54, 1.807) is 30.2 Å². The normalized spacial score (nSPS) is 11.0. The molecule has 0 radical (unpaired) electrons. The van der Waals surface area contributed by atoms with Crippen molar-refractivity contribution in [1.29, 1.82) is 0 Å². The highest BCUT2D eigenvalue weighted by Crippen LogP contribution is 2.12. The summed E-state index contributed by atoms with van der Waals surface area (Å²) in [6.07, 6.45) is 6.17. The molecule has 8 heteroatoms. The van der Waals surface area contributed by atoms with E-state index >= 15 is 0 Å². The zero-order chi connectivity index (χ0) is 19.5. The van der Waals surface area contributed by atoms with Crippen molar-refractivity contribution in [1.82, 2.24) is 23.9 Å². The lowest BCUT2D eigenvalue weighted by Gasteiger charge is -2.04. The number of fused-ring (bicyclic) bond motifs is 1. The van der Waals surface area contributed by atoms with E-state index in [9.17, 15) is 9.59 Å². The van der Waals surface area contributed by atoms with Gasteiger partial charge in [-0.2, -0.15) is 5.10 Å². The van der Waals surface area contributed by atoms with Crippen LogP contribution in [0.25, 0.3) is 11.0 Å². The number of amides is 1. The predicted molar refractivity (Wildman–Crippen MR) is 106 cm³/mol. The van der Waals surface area contributed by atoms with Gasteiger partial charge >= 0.3 is 5.69 Å². The van der Waals surface area contributed by atoms with Crippen LogP contribution >= 0.6 is 0 Å². The van der Waals surface area contributed by atoms with Crippen molar-refractivity contribution in [2.45, 2.75) is 19.5 Å². The number of anilines is 1. The summed E-state index contributed by atoms with van der Waals surface area (Å²) in [5.74, 6) is 0.172. The molecular weight excluding hydrogens is 356 g/mol. The van der Waals surface area contributed by atoms with Crippen LogP contribution in [0.15, 0.2) is 65.8 Å². The second-order valence-corrected chi connectivity index (χ2v) is 6.53. The van der Waals surface area contributed by atoms with E-state index in [0.717, 1.165) is 17.5 Å². The number of benzene rings is 1. The van der Waals surface area contributed by atoms with Gasteiger partial charge in [0, 0.05) is 38.2 Å². The first-order valence-corrected chi connectivity index (χ1v) is 8.98. The topological polar surface area (TPSA) is 86.7 Å². The SMILES string of the molecule is Cn1c(=O)n(CC(=O)Nc2ccn(CCc3ccncc3)n2)c2ccccc21. The largest absolute Gasteiger partial charge is 0.329 e. The van der Waals surface area contributed by atoms with Crippen LogP contribution in [-0.2, 0) is 31.4 Å². The number of carbonyl (C=O) groups is 1. The summed E-state index contributed by atoms with van der Waals surface area (Å²) in [6, 6.07) is 13.1. The fourth-order valence-electron chi connectivity index (χ4n) is 3.19. The molecule has 1 aromatic carbocycles. The number of hydrogen-bond donors (Lipinski definition) is 1. The second kappa shape index (κ2) is 7.51. The molecule has 0 saturated carbocycles.